The van der Waals surface area contributed by atoms with Crippen molar-refractivity contribution in [3.8, 4) is 0 Å². The van der Waals surface area contributed by atoms with Crippen LogP contribution in [0.2, 0.25) is 15.5 Å². The molecule has 0 saturated carbocycles. The van der Waals surface area contributed by atoms with Gasteiger partial charge in [-0.05, 0) is 0 Å². The number of nitrogens with one attached hydrogen (secondary N) is 1. The molecule has 0 unspecified atom stereocenters. The number of hydrogen-bond acceptors (Lipinski definition) is 6. The van der Waals surface area contributed by atoms with E-state index in [9.17, 15) is 0 Å². The van der Waals surface area contributed by atoms with Crippen LogP contribution in [-0.4, -0.2) is 25.9 Å². The van der Waals surface area contributed by atoms with Gasteiger partial charge in [0.25, 0.3) is 5.95 Å². The molecule has 20 heavy (non-hydrogen) atoms. The summed E-state index contributed by atoms with van der Waals surface area (Å²) in [4.78, 5) is 19.2. The molecule has 0 aliphatic rings. The van der Waals surface area contributed by atoms with Gasteiger partial charge in [-0.2, -0.15) is 15.0 Å². The van der Waals surface area contributed by atoms with Crippen molar-refractivity contribution in [1.82, 2.24) is 19.9 Å². The number of nitrogens with zero attached hydrogens (tertiary/aromatic N) is 5. The Kier molecular flexibility index (Phi) is 4.38. The number of guanidine groups is 1. The van der Waals surface area contributed by atoms with Crippen LogP contribution in [-0.2, 0) is 0 Å². The Labute approximate surface area is 128 Å². The molecule has 2 rings (SSSR count). The summed E-state index contributed by atoms with van der Waals surface area (Å²) in [5.41, 5.74) is 11.1. The number of halogens is 3. The lowest BCUT2D eigenvalue weighted by atomic mass is 10.6. The minimum Gasteiger partial charge on any atom is -0.383 e. The van der Waals surface area contributed by atoms with Crippen LogP contribution in [0, 0.1) is 0 Å². The fourth-order valence-electron chi connectivity index (χ4n) is 1.17. The maximum atomic E-state index is 5.72. The number of aliphatic imine (C=N–C) groups is 1. The number of anilines is 2. The van der Waals surface area contributed by atoms with E-state index in [4.69, 9.17) is 46.3 Å². The van der Waals surface area contributed by atoms with E-state index in [1.165, 1.54) is 12.1 Å². The minimum absolute atomic E-state index is 0.00637. The highest BCUT2D eigenvalue weighted by Gasteiger charge is 2.05. The lowest BCUT2D eigenvalue weighted by Gasteiger charge is -2.04. The summed E-state index contributed by atoms with van der Waals surface area (Å²) in [6.07, 6.45) is 0. The summed E-state index contributed by atoms with van der Waals surface area (Å²) >= 11 is 17.2. The molecular weight excluding hydrogens is 327 g/mol. The summed E-state index contributed by atoms with van der Waals surface area (Å²) in [5, 5.41) is 3.04. The molecule has 0 aliphatic heterocycles. The number of rotatable bonds is 2. The highest BCUT2D eigenvalue weighted by molar-refractivity contribution is 6.33. The molecule has 5 N–H and O–H groups in total. The molecule has 0 aromatic carbocycles. The molecule has 0 amide bonds. The van der Waals surface area contributed by atoms with Gasteiger partial charge in [0.1, 0.15) is 21.3 Å². The van der Waals surface area contributed by atoms with Gasteiger partial charge in [0.05, 0.1) is 0 Å². The second-order valence-electron chi connectivity index (χ2n) is 3.37. The van der Waals surface area contributed by atoms with E-state index in [-0.39, 0.29) is 39.1 Å². The first kappa shape index (κ1) is 14.5. The molecule has 0 atom stereocenters. The van der Waals surface area contributed by atoms with E-state index >= 15 is 0 Å². The number of hydrogen-bond donors (Lipinski definition) is 3. The first-order valence-electron chi connectivity index (χ1n) is 5.04. The maximum absolute atomic E-state index is 5.72. The predicted octanol–water partition coefficient (Wildman–Crippen LogP) is 1.87. The molecule has 11 heteroatoms. The molecule has 8 nitrogen and oxygen atoms in total. The van der Waals surface area contributed by atoms with Crippen LogP contribution in [0.3, 0.4) is 0 Å². The number of nitrogen functional groups attached to an aromatic ring is 1. The van der Waals surface area contributed by atoms with Gasteiger partial charge in [0.15, 0.2) is 0 Å². The van der Waals surface area contributed by atoms with Crippen molar-refractivity contribution in [3.05, 3.63) is 27.6 Å². The number of nitrogens with two attached hydrogens (primary N) is 2. The Morgan fingerprint density at radius 3 is 2.20 bits per heavy atom. The Morgan fingerprint density at radius 2 is 1.60 bits per heavy atom. The van der Waals surface area contributed by atoms with E-state index in [2.05, 4.69) is 30.2 Å². The Bertz CT molecular complexity index is 634. The summed E-state index contributed by atoms with van der Waals surface area (Å²) in [5.74, 6) is 0.162. The van der Waals surface area contributed by atoms with Gasteiger partial charge >= 0.3 is 0 Å². The van der Waals surface area contributed by atoms with E-state index in [1.54, 1.807) is 0 Å². The van der Waals surface area contributed by atoms with Gasteiger partial charge in [-0.15, -0.1) is 0 Å². The van der Waals surface area contributed by atoms with E-state index in [0.717, 1.165) is 0 Å². The molecule has 0 radical (unpaired) electrons. The van der Waals surface area contributed by atoms with Crippen molar-refractivity contribution in [3.63, 3.8) is 0 Å². The Morgan fingerprint density at radius 1 is 1.00 bits per heavy atom. The van der Waals surface area contributed by atoms with Crippen LogP contribution in [0.5, 0.6) is 0 Å². The average Bonchev–Trinajstić information content (AvgIpc) is 2.24. The van der Waals surface area contributed by atoms with Crippen LogP contribution >= 0.6 is 34.8 Å². The highest BCUT2D eigenvalue weighted by Crippen LogP contribution is 2.15. The Balaban J connectivity index is 2.22. The van der Waals surface area contributed by atoms with Crippen molar-refractivity contribution in [2.45, 2.75) is 0 Å². The van der Waals surface area contributed by atoms with Gasteiger partial charge in [-0.3, -0.25) is 5.32 Å². The van der Waals surface area contributed by atoms with Crippen molar-refractivity contribution in [1.29, 1.82) is 0 Å². The molecular formula is C9H7Cl3N8. The monoisotopic (exact) mass is 332 g/mol. The minimum atomic E-state index is -0.0787. The van der Waals surface area contributed by atoms with Gasteiger partial charge < -0.3 is 11.5 Å². The maximum Gasteiger partial charge on any atom is 0.255 e. The molecule has 2 heterocycles. The van der Waals surface area contributed by atoms with Crippen molar-refractivity contribution in [2.75, 3.05) is 11.1 Å². The van der Waals surface area contributed by atoms with Crippen LogP contribution in [0.25, 0.3) is 0 Å². The van der Waals surface area contributed by atoms with Crippen LogP contribution < -0.4 is 16.8 Å². The largest absolute Gasteiger partial charge is 0.383 e. The summed E-state index contributed by atoms with van der Waals surface area (Å²) < 4.78 is 0. The number of aromatic nitrogens is 4. The Hall–Kier alpha value is -1.90. The SMILES string of the molecule is N/C(=N\c1nc(N)cc(Cl)n1)Nc1nc(Cl)cc(Cl)n1. The summed E-state index contributed by atoms with van der Waals surface area (Å²) in [6.45, 7) is 0. The zero-order chi connectivity index (χ0) is 14.7. The van der Waals surface area contributed by atoms with Gasteiger partial charge in [-0.1, -0.05) is 34.8 Å². The van der Waals surface area contributed by atoms with Crippen molar-refractivity contribution >= 4 is 58.5 Å². The predicted molar refractivity (Wildman–Crippen MR) is 78.4 cm³/mol. The van der Waals surface area contributed by atoms with E-state index in [1.807, 2.05) is 0 Å². The molecule has 0 saturated heterocycles. The van der Waals surface area contributed by atoms with Crippen LogP contribution in [0.1, 0.15) is 0 Å². The molecule has 0 aliphatic carbocycles. The van der Waals surface area contributed by atoms with Crippen molar-refractivity contribution in [2.24, 2.45) is 10.7 Å². The van der Waals surface area contributed by atoms with Gasteiger partial charge in [0.2, 0.25) is 11.9 Å². The smallest absolute Gasteiger partial charge is 0.255 e. The summed E-state index contributed by atoms with van der Waals surface area (Å²) in [7, 11) is 0. The fraction of sp³-hybridized carbons (Fsp3) is 0. The molecule has 0 fully saturated rings. The average molecular weight is 334 g/mol. The third-order valence-corrected chi connectivity index (χ3v) is 2.41. The quantitative estimate of drug-likeness (QED) is 0.434. The zero-order valence-corrected chi connectivity index (χ0v) is 11.9. The van der Waals surface area contributed by atoms with E-state index < -0.39 is 0 Å². The fourth-order valence-corrected chi connectivity index (χ4v) is 1.78. The first-order chi connectivity index (χ1) is 9.42. The molecule has 2 aromatic rings. The third kappa shape index (κ3) is 4.05. The standard InChI is InChI=1S/C9H7Cl3N8/c10-3-1-4(11)16-8(15-3)19-7(14)20-9-17-5(12)2-6(13)18-9/h1-2H,(H5,13,14,15,16,17,18,19,20). The van der Waals surface area contributed by atoms with E-state index in [0.29, 0.717) is 0 Å². The third-order valence-electron chi connectivity index (χ3n) is 1.83. The second kappa shape index (κ2) is 6.04. The topological polar surface area (TPSA) is 128 Å². The zero-order valence-electron chi connectivity index (χ0n) is 9.68. The second-order valence-corrected chi connectivity index (χ2v) is 4.54. The molecule has 2 aromatic heterocycles. The molecule has 0 bridgehead atoms. The van der Waals surface area contributed by atoms with Gasteiger partial charge in [0, 0.05) is 12.1 Å². The first-order valence-corrected chi connectivity index (χ1v) is 6.17. The lowest BCUT2D eigenvalue weighted by molar-refractivity contribution is 1.13. The van der Waals surface area contributed by atoms with Crippen molar-refractivity contribution < 1.29 is 0 Å². The molecule has 104 valence electrons. The lowest BCUT2D eigenvalue weighted by Crippen LogP contribution is -2.23. The highest BCUT2D eigenvalue weighted by atomic mass is 35.5. The van der Waals surface area contributed by atoms with Crippen LogP contribution in [0.15, 0.2) is 17.1 Å². The molecule has 0 spiro atoms. The summed E-state index contributed by atoms with van der Waals surface area (Å²) in [6, 6.07) is 2.76. The van der Waals surface area contributed by atoms with Gasteiger partial charge in [-0.25, -0.2) is 9.97 Å². The van der Waals surface area contributed by atoms with Crippen LogP contribution in [0.4, 0.5) is 17.7 Å². The normalized spacial score (nSPS) is 11.4.